The summed E-state index contributed by atoms with van der Waals surface area (Å²) in [6.45, 7) is 2.97. The van der Waals surface area contributed by atoms with E-state index in [1.165, 1.54) is 61.8 Å². The van der Waals surface area contributed by atoms with E-state index >= 15 is 0 Å². The van der Waals surface area contributed by atoms with Crippen molar-refractivity contribution in [1.82, 2.24) is 4.90 Å². The van der Waals surface area contributed by atoms with Crippen LogP contribution in [-0.2, 0) is 11.2 Å². The molecule has 5 nitrogen and oxygen atoms in total. The number of amides is 2. The molecule has 0 saturated carbocycles. The van der Waals surface area contributed by atoms with Gasteiger partial charge in [0, 0.05) is 18.8 Å². The fraction of sp³-hybridized carbons (Fsp3) is 0.636. The van der Waals surface area contributed by atoms with Crippen LogP contribution < -0.4 is 5.32 Å². The molecule has 0 radical (unpaired) electrons. The van der Waals surface area contributed by atoms with Crippen molar-refractivity contribution in [3.8, 4) is 0 Å². The third-order valence-electron chi connectivity index (χ3n) is 5.37. The molecule has 0 aromatic heterocycles. The van der Waals surface area contributed by atoms with Gasteiger partial charge in [-0.2, -0.15) is 0 Å². The van der Waals surface area contributed by atoms with Crippen LogP contribution in [0.15, 0.2) is 24.3 Å². The lowest BCUT2D eigenvalue weighted by Gasteiger charge is -2.13. The van der Waals surface area contributed by atoms with Gasteiger partial charge in [-0.1, -0.05) is 64.0 Å². The van der Waals surface area contributed by atoms with E-state index in [1.54, 1.807) is 0 Å². The van der Waals surface area contributed by atoms with Gasteiger partial charge < -0.3 is 15.3 Å². The highest BCUT2D eigenvalue weighted by atomic mass is 16.4. The van der Waals surface area contributed by atoms with Crippen molar-refractivity contribution in [3.05, 3.63) is 29.8 Å². The van der Waals surface area contributed by atoms with Crippen LogP contribution in [-0.4, -0.2) is 35.1 Å². The first-order valence-corrected chi connectivity index (χ1v) is 10.5. The lowest BCUT2D eigenvalue weighted by Crippen LogP contribution is -2.30. The predicted molar refractivity (Wildman–Crippen MR) is 109 cm³/mol. The second-order valence-corrected chi connectivity index (χ2v) is 7.63. The molecule has 0 aliphatic carbocycles. The van der Waals surface area contributed by atoms with Crippen LogP contribution in [0, 0.1) is 5.92 Å². The summed E-state index contributed by atoms with van der Waals surface area (Å²) in [5, 5.41) is 11.9. The van der Waals surface area contributed by atoms with Gasteiger partial charge in [0.25, 0.3) is 0 Å². The summed E-state index contributed by atoms with van der Waals surface area (Å²) >= 11 is 0. The standard InChI is InChI=1S/C22H34N2O3/c1-2-3-4-5-6-7-8-9-10-18-11-13-20(14-12-18)23-21(25)19-15-16-24(17-19)22(26)27/h11-14,19H,2-10,15-17H2,1H3,(H,23,25)(H,26,27). The first kappa shape index (κ1) is 21.3. The number of unbranched alkanes of at least 4 members (excludes halogenated alkanes) is 7. The number of likely N-dealkylation sites (tertiary alicyclic amines) is 1. The molecule has 1 atom stereocenters. The predicted octanol–water partition coefficient (Wildman–Crippen LogP) is 5.31. The third-order valence-corrected chi connectivity index (χ3v) is 5.37. The lowest BCUT2D eigenvalue weighted by molar-refractivity contribution is -0.119. The van der Waals surface area contributed by atoms with Crippen LogP contribution >= 0.6 is 0 Å². The molecule has 2 amide bonds. The van der Waals surface area contributed by atoms with Gasteiger partial charge in [0.05, 0.1) is 5.92 Å². The van der Waals surface area contributed by atoms with Crippen LogP contribution in [0.2, 0.25) is 0 Å². The summed E-state index contributed by atoms with van der Waals surface area (Å²) in [5.74, 6) is -0.340. The molecule has 0 spiro atoms. The van der Waals surface area contributed by atoms with Crippen molar-refractivity contribution in [2.45, 2.75) is 71.1 Å². The highest BCUT2D eigenvalue weighted by molar-refractivity contribution is 5.93. The maximum atomic E-state index is 12.3. The largest absolute Gasteiger partial charge is 0.465 e. The van der Waals surface area contributed by atoms with Gasteiger partial charge in [0.1, 0.15) is 0 Å². The summed E-state index contributed by atoms with van der Waals surface area (Å²) < 4.78 is 0. The van der Waals surface area contributed by atoms with Crippen LogP contribution in [0.4, 0.5) is 10.5 Å². The molecule has 0 bridgehead atoms. The van der Waals surface area contributed by atoms with E-state index in [1.807, 2.05) is 12.1 Å². The van der Waals surface area contributed by atoms with E-state index in [-0.39, 0.29) is 18.4 Å². The van der Waals surface area contributed by atoms with Gasteiger partial charge in [-0.15, -0.1) is 0 Å². The number of carbonyl (C=O) groups excluding carboxylic acids is 1. The van der Waals surface area contributed by atoms with E-state index < -0.39 is 6.09 Å². The van der Waals surface area contributed by atoms with Crippen molar-refractivity contribution in [2.75, 3.05) is 18.4 Å². The number of hydrogen-bond acceptors (Lipinski definition) is 2. The van der Waals surface area contributed by atoms with Gasteiger partial charge in [-0.05, 0) is 37.0 Å². The molecule has 1 aliphatic rings. The summed E-state index contributed by atoms with van der Waals surface area (Å²) in [6, 6.07) is 8.05. The van der Waals surface area contributed by atoms with Crippen molar-refractivity contribution in [2.24, 2.45) is 5.92 Å². The second-order valence-electron chi connectivity index (χ2n) is 7.63. The Labute approximate surface area is 163 Å². The Bertz CT molecular complexity index is 586. The topological polar surface area (TPSA) is 69.6 Å². The second kappa shape index (κ2) is 11.6. The molecule has 1 saturated heterocycles. The van der Waals surface area contributed by atoms with E-state index in [0.29, 0.717) is 13.0 Å². The van der Waals surface area contributed by atoms with Crippen LogP contribution in [0.3, 0.4) is 0 Å². The first-order chi connectivity index (χ1) is 13.1. The Balaban J connectivity index is 1.63. The van der Waals surface area contributed by atoms with E-state index in [0.717, 1.165) is 12.1 Å². The zero-order chi connectivity index (χ0) is 19.5. The van der Waals surface area contributed by atoms with Gasteiger partial charge in [0.15, 0.2) is 0 Å². The minimum atomic E-state index is -0.949. The minimum Gasteiger partial charge on any atom is -0.465 e. The minimum absolute atomic E-state index is 0.0884. The fourth-order valence-electron chi connectivity index (χ4n) is 3.61. The van der Waals surface area contributed by atoms with Gasteiger partial charge >= 0.3 is 6.09 Å². The number of nitrogens with one attached hydrogen (secondary N) is 1. The van der Waals surface area contributed by atoms with Gasteiger partial charge in [0.2, 0.25) is 5.91 Å². The maximum absolute atomic E-state index is 12.3. The van der Waals surface area contributed by atoms with Gasteiger partial charge in [-0.25, -0.2) is 4.79 Å². The summed E-state index contributed by atoms with van der Waals surface area (Å²) in [5.41, 5.74) is 2.09. The maximum Gasteiger partial charge on any atom is 0.407 e. The van der Waals surface area contributed by atoms with Crippen LogP contribution in [0.25, 0.3) is 0 Å². The normalized spacial score (nSPS) is 16.5. The molecule has 1 fully saturated rings. The smallest absolute Gasteiger partial charge is 0.407 e. The SMILES string of the molecule is CCCCCCCCCCc1ccc(NC(=O)C2CCN(C(=O)O)C2)cc1. The number of aryl methyl sites for hydroxylation is 1. The number of rotatable bonds is 11. The number of carbonyl (C=O) groups is 2. The molecule has 1 aromatic carbocycles. The Hall–Kier alpha value is -2.04. The van der Waals surface area contributed by atoms with E-state index in [4.69, 9.17) is 5.11 Å². The average molecular weight is 375 g/mol. The molecular weight excluding hydrogens is 340 g/mol. The Kier molecular flexibility index (Phi) is 9.16. The Morgan fingerprint density at radius 1 is 1.04 bits per heavy atom. The molecule has 1 unspecified atom stereocenters. The number of anilines is 1. The lowest BCUT2D eigenvalue weighted by atomic mass is 10.0. The van der Waals surface area contributed by atoms with E-state index in [2.05, 4.69) is 24.4 Å². The highest BCUT2D eigenvalue weighted by Gasteiger charge is 2.30. The van der Waals surface area contributed by atoms with Crippen molar-refractivity contribution in [1.29, 1.82) is 0 Å². The van der Waals surface area contributed by atoms with E-state index in [9.17, 15) is 9.59 Å². The molecule has 150 valence electrons. The van der Waals surface area contributed by atoms with Crippen molar-refractivity contribution >= 4 is 17.7 Å². The third kappa shape index (κ3) is 7.61. The molecule has 2 N–H and O–H groups in total. The quantitative estimate of drug-likeness (QED) is 0.516. The highest BCUT2D eigenvalue weighted by Crippen LogP contribution is 2.19. The summed E-state index contributed by atoms with van der Waals surface area (Å²) in [4.78, 5) is 24.5. The Morgan fingerprint density at radius 3 is 2.26 bits per heavy atom. The van der Waals surface area contributed by atoms with Crippen LogP contribution in [0.1, 0.15) is 70.3 Å². The zero-order valence-electron chi connectivity index (χ0n) is 16.6. The fourth-order valence-corrected chi connectivity index (χ4v) is 3.61. The first-order valence-electron chi connectivity index (χ1n) is 10.5. The molecule has 1 heterocycles. The van der Waals surface area contributed by atoms with Crippen molar-refractivity contribution in [3.63, 3.8) is 0 Å². The summed E-state index contributed by atoms with van der Waals surface area (Å²) in [7, 11) is 0. The van der Waals surface area contributed by atoms with Crippen LogP contribution in [0.5, 0.6) is 0 Å². The summed E-state index contributed by atoms with van der Waals surface area (Å²) in [6.07, 6.45) is 11.3. The molecular formula is C22H34N2O3. The number of benzene rings is 1. The number of hydrogen-bond donors (Lipinski definition) is 2. The number of carboxylic acid groups (broad SMARTS) is 1. The van der Waals surface area contributed by atoms with Gasteiger partial charge in [-0.3, -0.25) is 4.79 Å². The molecule has 1 aromatic rings. The molecule has 2 rings (SSSR count). The average Bonchev–Trinajstić information content (AvgIpc) is 3.16. The zero-order valence-corrected chi connectivity index (χ0v) is 16.6. The number of nitrogens with zero attached hydrogens (tertiary/aromatic N) is 1. The molecule has 5 heteroatoms. The Morgan fingerprint density at radius 2 is 1.67 bits per heavy atom. The monoisotopic (exact) mass is 374 g/mol. The molecule has 27 heavy (non-hydrogen) atoms. The molecule has 1 aliphatic heterocycles. The van der Waals surface area contributed by atoms with Crippen molar-refractivity contribution < 1.29 is 14.7 Å².